The van der Waals surface area contributed by atoms with Crippen LogP contribution in [0.4, 0.5) is 0 Å². The van der Waals surface area contributed by atoms with Crippen molar-refractivity contribution in [1.29, 1.82) is 0 Å². The molecular formula is C15H26N2O2S2. The summed E-state index contributed by atoms with van der Waals surface area (Å²) in [6.45, 7) is 6.67. The van der Waals surface area contributed by atoms with Gasteiger partial charge in [0.2, 0.25) is 0 Å². The van der Waals surface area contributed by atoms with Crippen LogP contribution in [0.2, 0.25) is 0 Å². The van der Waals surface area contributed by atoms with Crippen molar-refractivity contribution in [2.75, 3.05) is 19.6 Å². The SMILES string of the molecule is CCNCCc1ccc(S(=O)(=O)N2CCCCC2CC)s1. The van der Waals surface area contributed by atoms with Gasteiger partial charge in [0.05, 0.1) is 0 Å². The second-order valence-electron chi connectivity index (χ2n) is 5.50. The maximum absolute atomic E-state index is 12.8. The van der Waals surface area contributed by atoms with E-state index in [0.717, 1.165) is 50.1 Å². The molecule has 120 valence electrons. The first-order valence-corrected chi connectivity index (χ1v) is 10.2. The summed E-state index contributed by atoms with van der Waals surface area (Å²) in [5, 5.41) is 3.27. The van der Waals surface area contributed by atoms with Crippen LogP contribution in [0.3, 0.4) is 0 Å². The molecule has 1 fully saturated rings. The minimum Gasteiger partial charge on any atom is -0.317 e. The number of rotatable bonds is 7. The Morgan fingerprint density at radius 3 is 2.86 bits per heavy atom. The summed E-state index contributed by atoms with van der Waals surface area (Å²) in [4.78, 5) is 1.14. The lowest BCUT2D eigenvalue weighted by Crippen LogP contribution is -2.42. The molecule has 21 heavy (non-hydrogen) atoms. The average molecular weight is 331 g/mol. The van der Waals surface area contributed by atoms with Crippen molar-refractivity contribution in [1.82, 2.24) is 9.62 Å². The highest BCUT2D eigenvalue weighted by Gasteiger charge is 2.33. The fraction of sp³-hybridized carbons (Fsp3) is 0.733. The topological polar surface area (TPSA) is 49.4 Å². The summed E-state index contributed by atoms with van der Waals surface area (Å²) >= 11 is 1.43. The molecule has 2 heterocycles. The van der Waals surface area contributed by atoms with E-state index in [1.165, 1.54) is 11.3 Å². The van der Waals surface area contributed by atoms with Gasteiger partial charge in [0.25, 0.3) is 10.0 Å². The molecule has 0 amide bonds. The van der Waals surface area contributed by atoms with Crippen molar-refractivity contribution in [2.24, 2.45) is 0 Å². The molecule has 1 aliphatic rings. The van der Waals surface area contributed by atoms with E-state index >= 15 is 0 Å². The fourth-order valence-corrected chi connectivity index (χ4v) is 6.09. The van der Waals surface area contributed by atoms with E-state index in [9.17, 15) is 8.42 Å². The summed E-state index contributed by atoms with van der Waals surface area (Å²) < 4.78 is 27.9. The summed E-state index contributed by atoms with van der Waals surface area (Å²) in [6, 6.07) is 3.92. The normalized spacial score (nSPS) is 20.8. The zero-order valence-corrected chi connectivity index (χ0v) is 14.6. The molecule has 0 aromatic carbocycles. The predicted octanol–water partition coefficient (Wildman–Crippen LogP) is 2.85. The number of nitrogens with zero attached hydrogens (tertiary/aromatic N) is 1. The Balaban J connectivity index is 2.11. The number of sulfonamides is 1. The summed E-state index contributed by atoms with van der Waals surface area (Å²) in [5.41, 5.74) is 0. The highest BCUT2D eigenvalue weighted by molar-refractivity contribution is 7.91. The van der Waals surface area contributed by atoms with Gasteiger partial charge >= 0.3 is 0 Å². The number of piperidine rings is 1. The molecule has 4 nitrogen and oxygen atoms in total. The molecule has 0 bridgehead atoms. The third-order valence-corrected chi connectivity index (χ3v) is 7.61. The van der Waals surface area contributed by atoms with Crippen molar-refractivity contribution in [2.45, 2.75) is 56.2 Å². The van der Waals surface area contributed by atoms with Gasteiger partial charge in [-0.25, -0.2) is 8.42 Å². The summed E-state index contributed by atoms with van der Waals surface area (Å²) in [5.74, 6) is 0. The van der Waals surface area contributed by atoms with Gasteiger partial charge in [-0.1, -0.05) is 20.3 Å². The van der Waals surface area contributed by atoms with Crippen molar-refractivity contribution in [3.63, 3.8) is 0 Å². The first kappa shape index (κ1) is 16.9. The Morgan fingerprint density at radius 2 is 2.14 bits per heavy atom. The van der Waals surface area contributed by atoms with Gasteiger partial charge in [-0.2, -0.15) is 4.31 Å². The van der Waals surface area contributed by atoms with E-state index < -0.39 is 10.0 Å². The van der Waals surface area contributed by atoms with Crippen LogP contribution in [-0.2, 0) is 16.4 Å². The second kappa shape index (κ2) is 7.72. The molecular weight excluding hydrogens is 304 g/mol. The molecule has 1 aromatic heterocycles. The van der Waals surface area contributed by atoms with Gasteiger partial charge in [-0.15, -0.1) is 11.3 Å². The van der Waals surface area contributed by atoms with Crippen LogP contribution in [0, 0.1) is 0 Å². The van der Waals surface area contributed by atoms with Crippen molar-refractivity contribution in [3.05, 3.63) is 17.0 Å². The highest BCUT2D eigenvalue weighted by Crippen LogP contribution is 2.30. The van der Waals surface area contributed by atoms with Gasteiger partial charge in [-0.3, -0.25) is 0 Å². The zero-order valence-electron chi connectivity index (χ0n) is 13.0. The molecule has 0 radical (unpaired) electrons. The Bertz CT molecular complexity index is 540. The summed E-state index contributed by atoms with van der Waals surface area (Å²) in [6.07, 6.45) is 4.91. The smallest absolute Gasteiger partial charge is 0.252 e. The second-order valence-corrected chi connectivity index (χ2v) is 8.78. The molecule has 1 aromatic rings. The minimum absolute atomic E-state index is 0.177. The average Bonchev–Trinajstić information content (AvgIpc) is 2.97. The van der Waals surface area contributed by atoms with Crippen LogP contribution in [0.1, 0.15) is 44.4 Å². The van der Waals surface area contributed by atoms with Gasteiger partial charge in [0.1, 0.15) is 4.21 Å². The van der Waals surface area contributed by atoms with E-state index in [1.807, 2.05) is 6.07 Å². The standard InChI is InChI=1S/C15H26N2O2S2/c1-3-13-7-5-6-12-17(13)21(18,19)15-9-8-14(20-15)10-11-16-4-2/h8-9,13,16H,3-7,10-12H2,1-2H3. The first-order chi connectivity index (χ1) is 10.1. The Kier molecular flexibility index (Phi) is 6.22. The van der Waals surface area contributed by atoms with Gasteiger partial charge in [0, 0.05) is 17.5 Å². The maximum atomic E-state index is 12.8. The Hall–Kier alpha value is -0.430. The predicted molar refractivity (Wildman–Crippen MR) is 88.4 cm³/mol. The molecule has 0 spiro atoms. The van der Waals surface area contributed by atoms with Crippen LogP contribution < -0.4 is 5.32 Å². The molecule has 1 atom stereocenters. The number of hydrogen-bond acceptors (Lipinski definition) is 4. The molecule has 6 heteroatoms. The molecule has 1 saturated heterocycles. The van der Waals surface area contributed by atoms with Crippen LogP contribution in [0.15, 0.2) is 16.3 Å². The first-order valence-electron chi connectivity index (χ1n) is 7.90. The molecule has 0 saturated carbocycles. The van der Waals surface area contributed by atoms with Crippen LogP contribution in [-0.4, -0.2) is 38.4 Å². The quantitative estimate of drug-likeness (QED) is 0.782. The lowest BCUT2D eigenvalue weighted by Gasteiger charge is -2.33. The van der Waals surface area contributed by atoms with E-state index in [0.29, 0.717) is 10.8 Å². The molecule has 1 unspecified atom stereocenters. The van der Waals surface area contributed by atoms with Crippen LogP contribution in [0.5, 0.6) is 0 Å². The third kappa shape index (κ3) is 4.06. The van der Waals surface area contributed by atoms with Gasteiger partial charge in [-0.05, 0) is 50.9 Å². The van der Waals surface area contributed by atoms with Crippen LogP contribution in [0.25, 0.3) is 0 Å². The molecule has 0 aliphatic carbocycles. The number of hydrogen-bond donors (Lipinski definition) is 1. The number of likely N-dealkylation sites (N-methyl/N-ethyl adjacent to an activating group) is 1. The third-order valence-electron chi connectivity index (χ3n) is 4.04. The van der Waals surface area contributed by atoms with E-state index in [-0.39, 0.29) is 6.04 Å². The molecule has 2 rings (SSSR count). The van der Waals surface area contributed by atoms with Crippen LogP contribution >= 0.6 is 11.3 Å². The molecule has 1 N–H and O–H groups in total. The maximum Gasteiger partial charge on any atom is 0.252 e. The fourth-order valence-electron chi connectivity index (χ4n) is 2.83. The largest absolute Gasteiger partial charge is 0.317 e. The number of thiophene rings is 1. The van der Waals surface area contributed by atoms with E-state index in [1.54, 1.807) is 10.4 Å². The lowest BCUT2D eigenvalue weighted by atomic mass is 10.0. The summed E-state index contributed by atoms with van der Waals surface area (Å²) in [7, 11) is -3.30. The van der Waals surface area contributed by atoms with E-state index in [4.69, 9.17) is 0 Å². The highest BCUT2D eigenvalue weighted by atomic mass is 32.2. The molecule has 1 aliphatic heterocycles. The minimum atomic E-state index is -3.30. The lowest BCUT2D eigenvalue weighted by molar-refractivity contribution is 0.247. The zero-order chi connectivity index (χ0) is 15.3. The van der Waals surface area contributed by atoms with Gasteiger partial charge < -0.3 is 5.32 Å². The Morgan fingerprint density at radius 1 is 1.33 bits per heavy atom. The number of nitrogens with one attached hydrogen (secondary N) is 1. The van der Waals surface area contributed by atoms with Crippen molar-refractivity contribution >= 4 is 21.4 Å². The van der Waals surface area contributed by atoms with Gasteiger partial charge in [0.15, 0.2) is 0 Å². The Labute approximate surface area is 132 Å². The van der Waals surface area contributed by atoms with Crippen molar-refractivity contribution < 1.29 is 8.42 Å². The monoisotopic (exact) mass is 330 g/mol. The van der Waals surface area contributed by atoms with Crippen molar-refractivity contribution in [3.8, 4) is 0 Å². The van der Waals surface area contributed by atoms with E-state index in [2.05, 4.69) is 19.2 Å².